The number of benzene rings is 1. The predicted octanol–water partition coefficient (Wildman–Crippen LogP) is 1.60. The van der Waals surface area contributed by atoms with Gasteiger partial charge in [-0.15, -0.1) is 0 Å². The third-order valence-electron chi connectivity index (χ3n) is 5.38. The number of hydrogen-bond acceptors (Lipinski definition) is 5. The van der Waals surface area contributed by atoms with Crippen molar-refractivity contribution in [2.24, 2.45) is 5.92 Å². The molecule has 1 aromatic carbocycles. The molecule has 2 amide bonds. The average Bonchev–Trinajstić information content (AvgIpc) is 2.75. The van der Waals surface area contributed by atoms with E-state index in [1.807, 2.05) is 0 Å². The van der Waals surface area contributed by atoms with Gasteiger partial charge in [-0.05, 0) is 31.0 Å². The molecule has 1 aliphatic carbocycles. The molecule has 0 bridgehead atoms. The number of morpholine rings is 1. The topological polar surface area (TPSA) is 105 Å². The minimum absolute atomic E-state index is 0.00105. The molecule has 1 saturated heterocycles. The van der Waals surface area contributed by atoms with E-state index in [9.17, 15) is 18.0 Å². The van der Waals surface area contributed by atoms with Crippen molar-refractivity contribution in [1.82, 2.24) is 9.62 Å². The molecule has 0 aromatic heterocycles. The summed E-state index contributed by atoms with van der Waals surface area (Å²) in [6.45, 7) is 1.51. The molecule has 1 heterocycles. The molecule has 1 saturated carbocycles. The van der Waals surface area contributed by atoms with Crippen molar-refractivity contribution >= 4 is 27.5 Å². The predicted molar refractivity (Wildman–Crippen MR) is 110 cm³/mol. The Kier molecular flexibility index (Phi) is 7.63. The van der Waals surface area contributed by atoms with Gasteiger partial charge in [0.05, 0.1) is 19.0 Å². The Balaban J connectivity index is 1.50. The lowest BCUT2D eigenvalue weighted by Crippen LogP contribution is -2.43. The van der Waals surface area contributed by atoms with Crippen LogP contribution in [0.5, 0.6) is 0 Å². The summed E-state index contributed by atoms with van der Waals surface area (Å²) in [4.78, 5) is 24.8. The van der Waals surface area contributed by atoms with Crippen LogP contribution < -0.4 is 10.6 Å². The number of nitrogens with one attached hydrogen (secondary N) is 2. The highest BCUT2D eigenvalue weighted by atomic mass is 32.2. The van der Waals surface area contributed by atoms with Crippen LogP contribution >= 0.6 is 0 Å². The first-order valence-corrected chi connectivity index (χ1v) is 11.8. The minimum Gasteiger partial charge on any atom is -0.379 e. The second-order valence-electron chi connectivity index (χ2n) is 7.49. The Morgan fingerprint density at radius 1 is 1.10 bits per heavy atom. The molecule has 8 nitrogen and oxygen atoms in total. The van der Waals surface area contributed by atoms with Crippen LogP contribution in [0, 0.1) is 5.92 Å². The fourth-order valence-electron chi connectivity index (χ4n) is 3.70. The molecule has 1 aromatic rings. The molecule has 0 radical (unpaired) electrons. The SMILES string of the molecule is O=C(NCCS(=O)(=O)N1CCOCC1)c1cccc(NC(=O)C2CCCCC2)c1. The first-order chi connectivity index (χ1) is 14.0. The largest absolute Gasteiger partial charge is 0.379 e. The summed E-state index contributed by atoms with van der Waals surface area (Å²) in [6, 6.07) is 6.71. The van der Waals surface area contributed by atoms with Crippen molar-refractivity contribution in [3.63, 3.8) is 0 Å². The number of nitrogens with zero attached hydrogens (tertiary/aromatic N) is 1. The molecule has 0 atom stereocenters. The molecular formula is C20H29N3O5S. The van der Waals surface area contributed by atoms with Crippen molar-refractivity contribution < 1.29 is 22.7 Å². The number of rotatable bonds is 7. The first kappa shape index (κ1) is 21.7. The smallest absolute Gasteiger partial charge is 0.251 e. The van der Waals surface area contributed by atoms with E-state index in [0.29, 0.717) is 37.6 Å². The second-order valence-corrected chi connectivity index (χ2v) is 9.58. The fraction of sp³-hybridized carbons (Fsp3) is 0.600. The molecule has 3 rings (SSSR count). The Bertz CT molecular complexity index is 815. The third-order valence-corrected chi connectivity index (χ3v) is 7.25. The van der Waals surface area contributed by atoms with Gasteiger partial charge in [-0.3, -0.25) is 9.59 Å². The van der Waals surface area contributed by atoms with Gasteiger partial charge >= 0.3 is 0 Å². The van der Waals surface area contributed by atoms with Crippen LogP contribution in [0.1, 0.15) is 42.5 Å². The van der Waals surface area contributed by atoms with E-state index in [-0.39, 0.29) is 30.0 Å². The summed E-state index contributed by atoms with van der Waals surface area (Å²) in [5.41, 5.74) is 0.962. The summed E-state index contributed by atoms with van der Waals surface area (Å²) >= 11 is 0. The van der Waals surface area contributed by atoms with E-state index in [0.717, 1.165) is 25.7 Å². The van der Waals surface area contributed by atoms with Crippen LogP contribution in [0.2, 0.25) is 0 Å². The zero-order valence-corrected chi connectivity index (χ0v) is 17.4. The Morgan fingerprint density at radius 3 is 2.55 bits per heavy atom. The van der Waals surface area contributed by atoms with Crippen LogP contribution in [0.3, 0.4) is 0 Å². The maximum atomic E-state index is 12.4. The highest BCUT2D eigenvalue weighted by Gasteiger charge is 2.24. The maximum Gasteiger partial charge on any atom is 0.251 e. The van der Waals surface area contributed by atoms with E-state index in [4.69, 9.17) is 4.74 Å². The standard InChI is InChI=1S/C20H29N3O5S/c24-19(21-9-14-29(26,27)23-10-12-28-13-11-23)17-7-4-8-18(15-17)22-20(25)16-5-2-1-3-6-16/h4,7-8,15-16H,1-3,5-6,9-14H2,(H,21,24)(H,22,25). The van der Waals surface area contributed by atoms with E-state index < -0.39 is 10.0 Å². The molecule has 2 N–H and O–H groups in total. The molecular weight excluding hydrogens is 394 g/mol. The van der Waals surface area contributed by atoms with Gasteiger partial charge in [0, 0.05) is 36.8 Å². The van der Waals surface area contributed by atoms with Crippen molar-refractivity contribution in [3.05, 3.63) is 29.8 Å². The lowest BCUT2D eigenvalue weighted by Gasteiger charge is -2.26. The minimum atomic E-state index is -3.42. The van der Waals surface area contributed by atoms with Crippen LogP contribution in [0.15, 0.2) is 24.3 Å². The quantitative estimate of drug-likeness (QED) is 0.693. The van der Waals surface area contributed by atoms with E-state index in [1.54, 1.807) is 24.3 Å². The van der Waals surface area contributed by atoms with Crippen molar-refractivity contribution in [2.75, 3.05) is 43.9 Å². The van der Waals surface area contributed by atoms with Gasteiger partial charge < -0.3 is 15.4 Å². The Labute approximate surface area is 172 Å². The van der Waals surface area contributed by atoms with Crippen LogP contribution in [-0.4, -0.2) is 63.1 Å². The summed E-state index contributed by atoms with van der Waals surface area (Å²) in [6.07, 6.45) is 5.15. The monoisotopic (exact) mass is 423 g/mol. The van der Waals surface area contributed by atoms with Crippen LogP contribution in [0.25, 0.3) is 0 Å². The molecule has 160 valence electrons. The van der Waals surface area contributed by atoms with Gasteiger partial charge in [0.1, 0.15) is 0 Å². The van der Waals surface area contributed by atoms with Crippen molar-refractivity contribution in [3.8, 4) is 0 Å². The van der Waals surface area contributed by atoms with E-state index in [2.05, 4.69) is 10.6 Å². The second kappa shape index (κ2) is 10.2. The van der Waals surface area contributed by atoms with Crippen molar-refractivity contribution in [2.45, 2.75) is 32.1 Å². The summed E-state index contributed by atoms with van der Waals surface area (Å²) in [7, 11) is -3.42. The fourth-order valence-corrected chi connectivity index (χ4v) is 5.02. The third kappa shape index (κ3) is 6.25. The first-order valence-electron chi connectivity index (χ1n) is 10.2. The van der Waals surface area contributed by atoms with Gasteiger partial charge in [-0.25, -0.2) is 8.42 Å². The Hall–Kier alpha value is -1.97. The number of carbonyl (C=O) groups excluding carboxylic acids is 2. The molecule has 0 spiro atoms. The van der Waals surface area contributed by atoms with Gasteiger partial charge in [-0.1, -0.05) is 25.3 Å². The number of anilines is 1. The molecule has 2 aliphatic rings. The maximum absolute atomic E-state index is 12.4. The number of sulfonamides is 1. The number of hydrogen-bond donors (Lipinski definition) is 2. The Morgan fingerprint density at radius 2 is 1.83 bits per heavy atom. The van der Waals surface area contributed by atoms with E-state index in [1.165, 1.54) is 10.7 Å². The zero-order chi connectivity index (χ0) is 20.7. The molecule has 2 fully saturated rings. The lowest BCUT2D eigenvalue weighted by atomic mass is 9.88. The number of carbonyl (C=O) groups is 2. The van der Waals surface area contributed by atoms with Gasteiger partial charge in [0.2, 0.25) is 15.9 Å². The lowest BCUT2D eigenvalue weighted by molar-refractivity contribution is -0.120. The molecule has 1 aliphatic heterocycles. The van der Waals surface area contributed by atoms with Crippen LogP contribution in [0.4, 0.5) is 5.69 Å². The molecule has 29 heavy (non-hydrogen) atoms. The number of ether oxygens (including phenoxy) is 1. The summed E-state index contributed by atoms with van der Waals surface area (Å²) in [5.74, 6) is -0.488. The number of amides is 2. The normalized spacial score (nSPS) is 18.9. The van der Waals surface area contributed by atoms with Gasteiger partial charge in [0.15, 0.2) is 0 Å². The highest BCUT2D eigenvalue weighted by molar-refractivity contribution is 7.89. The summed E-state index contributed by atoms with van der Waals surface area (Å²) in [5, 5.41) is 5.55. The van der Waals surface area contributed by atoms with Gasteiger partial charge in [0.25, 0.3) is 5.91 Å². The molecule has 0 unspecified atom stereocenters. The van der Waals surface area contributed by atoms with Gasteiger partial charge in [-0.2, -0.15) is 4.31 Å². The average molecular weight is 424 g/mol. The van der Waals surface area contributed by atoms with Crippen LogP contribution in [-0.2, 0) is 19.6 Å². The van der Waals surface area contributed by atoms with Crippen molar-refractivity contribution in [1.29, 1.82) is 0 Å². The summed E-state index contributed by atoms with van der Waals surface area (Å²) < 4.78 is 31.2. The zero-order valence-electron chi connectivity index (χ0n) is 16.6. The van der Waals surface area contributed by atoms with E-state index >= 15 is 0 Å². The highest BCUT2D eigenvalue weighted by Crippen LogP contribution is 2.25. The molecule has 9 heteroatoms.